The molecule has 2 unspecified atom stereocenters. The van der Waals surface area contributed by atoms with Crippen molar-refractivity contribution < 1.29 is 17.9 Å². The molecule has 1 fully saturated rings. The third-order valence-corrected chi connectivity index (χ3v) is 3.22. The van der Waals surface area contributed by atoms with Crippen LogP contribution >= 0.6 is 0 Å². The second kappa shape index (κ2) is 5.92. The number of alkyl halides is 3. The second-order valence-electron chi connectivity index (χ2n) is 4.67. The van der Waals surface area contributed by atoms with Crippen LogP contribution in [0.25, 0.3) is 0 Å². The van der Waals surface area contributed by atoms with Crippen LogP contribution in [0, 0.1) is 0 Å². The average Bonchev–Trinajstić information content (AvgIpc) is 2.86. The highest BCUT2D eigenvalue weighted by atomic mass is 19.4. The molecule has 1 aliphatic heterocycles. The highest BCUT2D eigenvalue weighted by Crippen LogP contribution is 2.29. The first-order chi connectivity index (χ1) is 9.02. The van der Waals surface area contributed by atoms with E-state index in [-0.39, 0.29) is 12.1 Å². The number of halogens is 3. The average molecular weight is 277 g/mol. The molecular formula is C12H18F3N3O. The number of nitrogens with zero attached hydrogens (tertiary/aromatic N) is 2. The van der Waals surface area contributed by atoms with Crippen molar-refractivity contribution in [3.8, 4) is 0 Å². The smallest absolute Gasteiger partial charge is 0.379 e. The Balaban J connectivity index is 2.11. The summed E-state index contributed by atoms with van der Waals surface area (Å²) in [5.41, 5.74) is -0.854. The summed E-state index contributed by atoms with van der Waals surface area (Å²) >= 11 is 0. The maximum atomic E-state index is 12.5. The van der Waals surface area contributed by atoms with Gasteiger partial charge >= 0.3 is 6.18 Å². The van der Waals surface area contributed by atoms with Gasteiger partial charge in [0.05, 0.1) is 12.6 Å². The molecule has 0 bridgehead atoms. The van der Waals surface area contributed by atoms with E-state index in [1.165, 1.54) is 10.9 Å². The molecule has 0 saturated carbocycles. The van der Waals surface area contributed by atoms with Crippen LogP contribution < -0.4 is 5.32 Å². The number of hydrogen-bond donors (Lipinski definition) is 1. The molecule has 0 amide bonds. The first kappa shape index (κ1) is 14.3. The number of ether oxygens (including phenoxy) is 1. The SMILES string of the molecule is CCCNC1CCOCC1n1ccc(C(F)(F)F)n1. The molecule has 7 heteroatoms. The van der Waals surface area contributed by atoms with E-state index in [1.54, 1.807) is 0 Å². The molecule has 2 atom stereocenters. The molecule has 1 aliphatic rings. The predicted octanol–water partition coefficient (Wildman–Crippen LogP) is 2.23. The zero-order valence-corrected chi connectivity index (χ0v) is 10.8. The largest absolute Gasteiger partial charge is 0.435 e. The quantitative estimate of drug-likeness (QED) is 0.917. The molecule has 4 nitrogen and oxygen atoms in total. The normalized spacial score (nSPS) is 24.6. The molecule has 19 heavy (non-hydrogen) atoms. The molecule has 108 valence electrons. The predicted molar refractivity (Wildman–Crippen MR) is 63.8 cm³/mol. The van der Waals surface area contributed by atoms with Crippen LogP contribution in [0.2, 0.25) is 0 Å². The van der Waals surface area contributed by atoms with E-state index >= 15 is 0 Å². The Labute approximate surface area is 109 Å². The van der Waals surface area contributed by atoms with Gasteiger partial charge in [-0.1, -0.05) is 6.92 Å². The summed E-state index contributed by atoms with van der Waals surface area (Å²) in [5, 5.41) is 6.98. The monoisotopic (exact) mass is 277 g/mol. The Morgan fingerprint density at radius 3 is 2.95 bits per heavy atom. The van der Waals surface area contributed by atoms with E-state index < -0.39 is 11.9 Å². The van der Waals surface area contributed by atoms with Crippen molar-refractivity contribution in [3.05, 3.63) is 18.0 Å². The Morgan fingerprint density at radius 1 is 1.53 bits per heavy atom. The molecule has 2 heterocycles. The molecule has 0 aliphatic carbocycles. The molecule has 0 radical (unpaired) electrons. The van der Waals surface area contributed by atoms with Crippen LogP contribution in [-0.4, -0.2) is 35.6 Å². The Bertz CT molecular complexity index is 405. The van der Waals surface area contributed by atoms with Crippen LogP contribution in [0.5, 0.6) is 0 Å². The standard InChI is InChI=1S/C12H18F3N3O/c1-2-5-16-9-4-7-19-8-10(9)18-6-3-11(17-18)12(13,14)15/h3,6,9-10,16H,2,4-5,7-8H2,1H3. The fraction of sp³-hybridized carbons (Fsp3) is 0.750. The van der Waals surface area contributed by atoms with E-state index in [4.69, 9.17) is 4.74 Å². The molecule has 1 N–H and O–H groups in total. The first-order valence-corrected chi connectivity index (χ1v) is 6.46. The van der Waals surface area contributed by atoms with Crippen molar-refractivity contribution in [2.24, 2.45) is 0 Å². The van der Waals surface area contributed by atoms with Gasteiger partial charge in [-0.2, -0.15) is 18.3 Å². The van der Waals surface area contributed by atoms with Crippen molar-refractivity contribution in [2.75, 3.05) is 19.8 Å². The van der Waals surface area contributed by atoms with Gasteiger partial charge in [0.2, 0.25) is 0 Å². The lowest BCUT2D eigenvalue weighted by molar-refractivity contribution is -0.141. The van der Waals surface area contributed by atoms with Gasteiger partial charge in [-0.05, 0) is 25.5 Å². The minimum absolute atomic E-state index is 0.106. The summed E-state index contributed by atoms with van der Waals surface area (Å²) in [6.07, 6.45) is -1.25. The number of rotatable bonds is 4. The maximum absolute atomic E-state index is 12.5. The molecule has 1 saturated heterocycles. The zero-order valence-electron chi connectivity index (χ0n) is 10.8. The van der Waals surface area contributed by atoms with Gasteiger partial charge in [0.25, 0.3) is 0 Å². The minimum atomic E-state index is -4.40. The van der Waals surface area contributed by atoms with Crippen LogP contribution in [0.3, 0.4) is 0 Å². The molecule has 1 aromatic heterocycles. The van der Waals surface area contributed by atoms with E-state index in [0.29, 0.717) is 13.2 Å². The summed E-state index contributed by atoms with van der Waals surface area (Å²) < 4.78 is 44.4. The highest BCUT2D eigenvalue weighted by molar-refractivity contribution is 5.04. The first-order valence-electron chi connectivity index (χ1n) is 6.46. The van der Waals surface area contributed by atoms with Crippen LogP contribution in [-0.2, 0) is 10.9 Å². The summed E-state index contributed by atoms with van der Waals surface area (Å²) in [6.45, 7) is 3.91. The molecule has 0 spiro atoms. The zero-order chi connectivity index (χ0) is 13.9. The van der Waals surface area contributed by atoms with E-state index in [2.05, 4.69) is 17.3 Å². The summed E-state index contributed by atoms with van der Waals surface area (Å²) in [6, 6.07) is 0.928. The second-order valence-corrected chi connectivity index (χ2v) is 4.67. The Morgan fingerprint density at radius 2 is 2.32 bits per heavy atom. The third kappa shape index (κ3) is 3.48. The van der Waals surface area contributed by atoms with Crippen molar-refractivity contribution in [3.63, 3.8) is 0 Å². The number of hydrogen-bond acceptors (Lipinski definition) is 3. The molecular weight excluding hydrogens is 259 g/mol. The van der Waals surface area contributed by atoms with Gasteiger partial charge in [0.1, 0.15) is 0 Å². The van der Waals surface area contributed by atoms with Crippen molar-refractivity contribution in [2.45, 2.75) is 38.0 Å². The topological polar surface area (TPSA) is 39.1 Å². The number of aromatic nitrogens is 2. The van der Waals surface area contributed by atoms with Gasteiger partial charge in [0.15, 0.2) is 5.69 Å². The molecule has 2 rings (SSSR count). The highest BCUT2D eigenvalue weighted by Gasteiger charge is 2.35. The molecule has 1 aromatic rings. The van der Waals surface area contributed by atoms with Gasteiger partial charge in [-0.3, -0.25) is 4.68 Å². The molecule has 0 aromatic carbocycles. The lowest BCUT2D eigenvalue weighted by Gasteiger charge is -2.32. The Kier molecular flexibility index (Phi) is 4.46. The summed E-state index contributed by atoms with van der Waals surface area (Å²) in [4.78, 5) is 0. The van der Waals surface area contributed by atoms with E-state index in [9.17, 15) is 13.2 Å². The fourth-order valence-corrected chi connectivity index (χ4v) is 2.23. The van der Waals surface area contributed by atoms with Crippen LogP contribution in [0.1, 0.15) is 31.5 Å². The third-order valence-electron chi connectivity index (χ3n) is 3.22. The van der Waals surface area contributed by atoms with Gasteiger partial charge in [-0.25, -0.2) is 0 Å². The van der Waals surface area contributed by atoms with Crippen molar-refractivity contribution in [1.29, 1.82) is 0 Å². The number of nitrogens with one attached hydrogen (secondary N) is 1. The van der Waals surface area contributed by atoms with Crippen LogP contribution in [0.4, 0.5) is 13.2 Å². The van der Waals surface area contributed by atoms with Gasteiger partial charge in [0, 0.05) is 18.8 Å². The van der Waals surface area contributed by atoms with Crippen molar-refractivity contribution in [1.82, 2.24) is 15.1 Å². The lowest BCUT2D eigenvalue weighted by atomic mass is 10.0. The van der Waals surface area contributed by atoms with E-state index in [0.717, 1.165) is 25.5 Å². The van der Waals surface area contributed by atoms with Crippen molar-refractivity contribution >= 4 is 0 Å². The van der Waals surface area contributed by atoms with E-state index in [1.807, 2.05) is 0 Å². The summed E-state index contributed by atoms with van der Waals surface area (Å²) in [7, 11) is 0. The maximum Gasteiger partial charge on any atom is 0.435 e. The van der Waals surface area contributed by atoms with Gasteiger partial charge < -0.3 is 10.1 Å². The van der Waals surface area contributed by atoms with Crippen LogP contribution in [0.15, 0.2) is 12.3 Å². The lowest BCUT2D eigenvalue weighted by Crippen LogP contribution is -2.44. The fourth-order valence-electron chi connectivity index (χ4n) is 2.23. The minimum Gasteiger partial charge on any atom is -0.379 e. The van der Waals surface area contributed by atoms with Gasteiger partial charge in [-0.15, -0.1) is 0 Å². The summed E-state index contributed by atoms with van der Waals surface area (Å²) in [5.74, 6) is 0. The Hall–Kier alpha value is -1.08.